The van der Waals surface area contributed by atoms with E-state index in [4.69, 9.17) is 9.47 Å². The van der Waals surface area contributed by atoms with Gasteiger partial charge in [0.1, 0.15) is 0 Å². The number of rotatable bonds is 5. The molecule has 0 spiro atoms. The Morgan fingerprint density at radius 1 is 1.05 bits per heavy atom. The summed E-state index contributed by atoms with van der Waals surface area (Å²) in [6, 6.07) is 6.22. The summed E-state index contributed by atoms with van der Waals surface area (Å²) < 4.78 is 10.7. The summed E-state index contributed by atoms with van der Waals surface area (Å²) in [5.41, 5.74) is 1.28. The van der Waals surface area contributed by atoms with Crippen molar-refractivity contribution in [3.63, 3.8) is 0 Å². The Labute approximate surface area is 131 Å². The maximum absolute atomic E-state index is 5.39. The number of hydrogen-bond donors (Lipinski definition) is 0. The quantitative estimate of drug-likeness (QED) is 0.520. The summed E-state index contributed by atoms with van der Waals surface area (Å²) in [6.07, 6.45) is 9.62. The third-order valence-corrected chi connectivity index (χ3v) is 5.19. The average Bonchev–Trinajstić information content (AvgIpc) is 2.75. The van der Waals surface area contributed by atoms with Gasteiger partial charge in [0.15, 0.2) is 11.5 Å². The highest BCUT2D eigenvalue weighted by atomic mass is 79.9. The molecule has 112 valence electrons. The van der Waals surface area contributed by atoms with Gasteiger partial charge in [0.05, 0.1) is 14.2 Å². The zero-order valence-electron chi connectivity index (χ0n) is 12.5. The van der Waals surface area contributed by atoms with E-state index in [1.807, 2.05) is 6.07 Å². The molecule has 0 heterocycles. The van der Waals surface area contributed by atoms with Crippen molar-refractivity contribution in [2.75, 3.05) is 14.2 Å². The summed E-state index contributed by atoms with van der Waals surface area (Å²) in [6.45, 7) is 0. The molecule has 1 aromatic rings. The van der Waals surface area contributed by atoms with Gasteiger partial charge >= 0.3 is 0 Å². The molecule has 1 unspecified atom stereocenters. The van der Waals surface area contributed by atoms with Crippen molar-refractivity contribution in [1.82, 2.24) is 0 Å². The molecule has 2 nitrogen and oxygen atoms in total. The lowest BCUT2D eigenvalue weighted by atomic mass is 9.93. The molecule has 0 saturated heterocycles. The Morgan fingerprint density at radius 2 is 1.70 bits per heavy atom. The predicted octanol–water partition coefficient (Wildman–Crippen LogP) is 5.50. The van der Waals surface area contributed by atoms with Crippen LogP contribution in [0.2, 0.25) is 0 Å². The minimum atomic E-state index is 0.408. The number of halogens is 1. The Bertz CT molecular complexity index is 411. The van der Waals surface area contributed by atoms with Gasteiger partial charge in [0.25, 0.3) is 0 Å². The van der Waals surface area contributed by atoms with Crippen molar-refractivity contribution >= 4 is 15.9 Å². The van der Waals surface area contributed by atoms with Crippen LogP contribution in [0.15, 0.2) is 18.2 Å². The summed E-state index contributed by atoms with van der Waals surface area (Å²) in [5.74, 6) is 2.47. The van der Waals surface area contributed by atoms with E-state index in [0.29, 0.717) is 4.83 Å². The lowest BCUT2D eigenvalue weighted by molar-refractivity contribution is 0.354. The monoisotopic (exact) mass is 340 g/mol. The molecule has 2 rings (SSSR count). The fourth-order valence-electron chi connectivity index (χ4n) is 3.08. The molecule has 1 fully saturated rings. The van der Waals surface area contributed by atoms with E-state index in [9.17, 15) is 0 Å². The predicted molar refractivity (Wildman–Crippen MR) is 87.0 cm³/mol. The van der Waals surface area contributed by atoms with Crippen LogP contribution in [0.25, 0.3) is 0 Å². The zero-order chi connectivity index (χ0) is 14.4. The Morgan fingerprint density at radius 3 is 2.30 bits per heavy atom. The third kappa shape index (κ3) is 4.15. The number of hydrogen-bond acceptors (Lipinski definition) is 2. The van der Waals surface area contributed by atoms with Crippen molar-refractivity contribution in [1.29, 1.82) is 0 Å². The molecule has 20 heavy (non-hydrogen) atoms. The molecular weight excluding hydrogens is 316 g/mol. The van der Waals surface area contributed by atoms with Crippen molar-refractivity contribution in [3.05, 3.63) is 23.8 Å². The standard InChI is InChI=1S/C17H25BrO2/c1-19-16-10-9-14(12-17(16)20-2)15(18)11-13-7-5-3-4-6-8-13/h9-10,12-13,15H,3-8,11H2,1-2H3. The van der Waals surface area contributed by atoms with Gasteiger partial charge in [0.2, 0.25) is 0 Å². The molecular formula is C17H25BrO2. The summed E-state index contributed by atoms with van der Waals surface area (Å²) in [5, 5.41) is 0. The average molecular weight is 341 g/mol. The number of benzene rings is 1. The Balaban J connectivity index is 2.02. The van der Waals surface area contributed by atoms with Crippen molar-refractivity contribution < 1.29 is 9.47 Å². The van der Waals surface area contributed by atoms with Crippen LogP contribution in [-0.4, -0.2) is 14.2 Å². The highest BCUT2D eigenvalue weighted by molar-refractivity contribution is 9.09. The fourth-order valence-corrected chi connectivity index (χ4v) is 3.89. The van der Waals surface area contributed by atoms with Crippen LogP contribution in [0.1, 0.15) is 55.3 Å². The molecule has 0 N–H and O–H groups in total. The van der Waals surface area contributed by atoms with E-state index in [1.165, 1.54) is 50.5 Å². The first-order valence-electron chi connectivity index (χ1n) is 7.60. The van der Waals surface area contributed by atoms with Gasteiger partial charge in [-0.15, -0.1) is 0 Å². The van der Waals surface area contributed by atoms with Crippen LogP contribution in [0.5, 0.6) is 11.5 Å². The molecule has 1 aliphatic carbocycles. The van der Waals surface area contributed by atoms with Crippen LogP contribution in [0.4, 0.5) is 0 Å². The summed E-state index contributed by atoms with van der Waals surface area (Å²) >= 11 is 3.86. The smallest absolute Gasteiger partial charge is 0.161 e. The van der Waals surface area contributed by atoms with Gasteiger partial charge in [-0.05, 0) is 30.0 Å². The van der Waals surface area contributed by atoms with Crippen LogP contribution in [0, 0.1) is 5.92 Å². The molecule has 1 aromatic carbocycles. The number of methoxy groups -OCH3 is 2. The molecule has 0 radical (unpaired) electrons. The second-order valence-corrected chi connectivity index (χ2v) is 6.78. The number of ether oxygens (including phenoxy) is 2. The van der Waals surface area contributed by atoms with E-state index in [1.54, 1.807) is 14.2 Å². The van der Waals surface area contributed by atoms with E-state index >= 15 is 0 Å². The first kappa shape index (κ1) is 15.7. The van der Waals surface area contributed by atoms with Crippen molar-refractivity contribution in [3.8, 4) is 11.5 Å². The molecule has 0 amide bonds. The maximum atomic E-state index is 5.39. The SMILES string of the molecule is COc1ccc(C(Br)CC2CCCCCC2)cc1OC. The molecule has 1 aliphatic rings. The molecule has 1 atom stereocenters. The lowest BCUT2D eigenvalue weighted by Gasteiger charge is -2.19. The van der Waals surface area contributed by atoms with Crippen molar-refractivity contribution in [2.24, 2.45) is 5.92 Å². The summed E-state index contributed by atoms with van der Waals surface area (Å²) in [7, 11) is 3.37. The second kappa shape index (κ2) is 7.92. The van der Waals surface area contributed by atoms with Gasteiger partial charge < -0.3 is 9.47 Å². The minimum absolute atomic E-state index is 0.408. The lowest BCUT2D eigenvalue weighted by Crippen LogP contribution is -2.03. The van der Waals surface area contributed by atoms with Crippen molar-refractivity contribution in [2.45, 2.75) is 49.8 Å². The highest BCUT2D eigenvalue weighted by Gasteiger charge is 2.18. The maximum Gasteiger partial charge on any atom is 0.161 e. The van der Waals surface area contributed by atoms with E-state index in [-0.39, 0.29) is 0 Å². The first-order chi connectivity index (χ1) is 9.74. The largest absolute Gasteiger partial charge is 0.493 e. The van der Waals surface area contributed by atoms with Gasteiger partial charge in [-0.2, -0.15) is 0 Å². The van der Waals surface area contributed by atoms with E-state index in [2.05, 4.69) is 28.1 Å². The topological polar surface area (TPSA) is 18.5 Å². The molecule has 1 saturated carbocycles. The van der Waals surface area contributed by atoms with Crippen LogP contribution in [-0.2, 0) is 0 Å². The molecule has 0 bridgehead atoms. The van der Waals surface area contributed by atoms with Gasteiger partial charge in [-0.25, -0.2) is 0 Å². The second-order valence-electron chi connectivity index (χ2n) is 5.68. The van der Waals surface area contributed by atoms with Gasteiger partial charge in [-0.3, -0.25) is 0 Å². The molecule has 0 aliphatic heterocycles. The van der Waals surface area contributed by atoms with Crippen LogP contribution in [0.3, 0.4) is 0 Å². The van der Waals surface area contributed by atoms with Gasteiger partial charge in [0, 0.05) is 4.83 Å². The highest BCUT2D eigenvalue weighted by Crippen LogP contribution is 2.38. The van der Waals surface area contributed by atoms with Crippen LogP contribution >= 0.6 is 15.9 Å². The molecule has 0 aromatic heterocycles. The minimum Gasteiger partial charge on any atom is -0.493 e. The van der Waals surface area contributed by atoms with Crippen LogP contribution < -0.4 is 9.47 Å². The van der Waals surface area contributed by atoms with E-state index < -0.39 is 0 Å². The van der Waals surface area contributed by atoms with E-state index in [0.717, 1.165) is 17.4 Å². The normalized spacial score (nSPS) is 18.4. The number of alkyl halides is 1. The molecule has 3 heteroatoms. The first-order valence-corrected chi connectivity index (χ1v) is 8.52. The Kier molecular flexibility index (Phi) is 6.21. The summed E-state index contributed by atoms with van der Waals surface area (Å²) in [4.78, 5) is 0.408. The fraction of sp³-hybridized carbons (Fsp3) is 0.647. The zero-order valence-corrected chi connectivity index (χ0v) is 14.1. The Hall–Kier alpha value is -0.700. The third-order valence-electron chi connectivity index (χ3n) is 4.28. The van der Waals surface area contributed by atoms with Gasteiger partial charge in [-0.1, -0.05) is 60.5 Å².